The van der Waals surface area contributed by atoms with Gasteiger partial charge in [0, 0.05) is 15.5 Å². The number of Topliss-reactive ketones (excluding diaryl/α,β-unsaturated/α-hetero) is 1. The number of hydrogen-bond donors (Lipinski definition) is 0. The van der Waals surface area contributed by atoms with Crippen molar-refractivity contribution in [2.75, 3.05) is 6.26 Å². The molecular weight excluding hydrogens is 192 g/mol. The average molecular weight is 201 g/mol. The lowest BCUT2D eigenvalue weighted by atomic mass is 10.1. The minimum atomic E-state index is 0.0573. The van der Waals surface area contributed by atoms with E-state index < -0.39 is 0 Å². The average Bonchev–Trinajstić information content (AvgIpc) is 2.04. The second-order valence-electron chi connectivity index (χ2n) is 2.40. The molecular formula is C9H9ClOS. The third-order valence-corrected chi connectivity index (χ3v) is 2.57. The summed E-state index contributed by atoms with van der Waals surface area (Å²) < 4.78 is 0. The van der Waals surface area contributed by atoms with Crippen LogP contribution in [0.1, 0.15) is 17.3 Å². The number of carbonyl (C=O) groups excluding carboxylic acids is 1. The van der Waals surface area contributed by atoms with Gasteiger partial charge in [0.25, 0.3) is 0 Å². The molecule has 0 spiro atoms. The van der Waals surface area contributed by atoms with Crippen molar-refractivity contribution in [2.24, 2.45) is 0 Å². The highest BCUT2D eigenvalue weighted by Gasteiger charge is 2.06. The van der Waals surface area contributed by atoms with Crippen molar-refractivity contribution in [2.45, 2.75) is 11.8 Å². The lowest BCUT2D eigenvalue weighted by Gasteiger charge is -2.03. The predicted octanol–water partition coefficient (Wildman–Crippen LogP) is 3.26. The van der Waals surface area contributed by atoms with Crippen LogP contribution in [0.3, 0.4) is 0 Å². The zero-order chi connectivity index (χ0) is 9.14. The van der Waals surface area contributed by atoms with E-state index >= 15 is 0 Å². The number of benzene rings is 1. The summed E-state index contributed by atoms with van der Waals surface area (Å²) in [7, 11) is 0. The molecule has 0 N–H and O–H groups in total. The second-order valence-corrected chi connectivity index (χ2v) is 3.69. The summed E-state index contributed by atoms with van der Waals surface area (Å²) in [6.07, 6.45) is 1.94. The third kappa shape index (κ3) is 2.02. The Balaban J connectivity index is 3.21. The van der Waals surface area contributed by atoms with Crippen LogP contribution in [-0.2, 0) is 0 Å². The topological polar surface area (TPSA) is 17.1 Å². The first-order valence-electron chi connectivity index (χ1n) is 3.49. The van der Waals surface area contributed by atoms with Crippen LogP contribution in [0.15, 0.2) is 23.1 Å². The van der Waals surface area contributed by atoms with Crippen molar-refractivity contribution in [3.63, 3.8) is 0 Å². The summed E-state index contributed by atoms with van der Waals surface area (Å²) in [6, 6.07) is 5.36. The van der Waals surface area contributed by atoms with Gasteiger partial charge in [-0.3, -0.25) is 4.79 Å². The van der Waals surface area contributed by atoms with Crippen LogP contribution in [0.25, 0.3) is 0 Å². The minimum absolute atomic E-state index is 0.0573. The molecule has 0 aliphatic heterocycles. The third-order valence-electron chi connectivity index (χ3n) is 1.54. The maximum atomic E-state index is 11.1. The molecule has 0 unspecified atom stereocenters. The molecule has 0 saturated heterocycles. The lowest BCUT2D eigenvalue weighted by Crippen LogP contribution is -1.94. The van der Waals surface area contributed by atoms with E-state index in [2.05, 4.69) is 0 Å². The Morgan fingerprint density at radius 2 is 2.17 bits per heavy atom. The van der Waals surface area contributed by atoms with Crippen LogP contribution in [0.2, 0.25) is 5.02 Å². The van der Waals surface area contributed by atoms with Gasteiger partial charge in [0.2, 0.25) is 0 Å². The SMILES string of the molecule is CSc1ccc(Cl)cc1C(C)=O. The van der Waals surface area contributed by atoms with Gasteiger partial charge in [-0.25, -0.2) is 0 Å². The monoisotopic (exact) mass is 200 g/mol. The molecule has 0 aromatic heterocycles. The fourth-order valence-corrected chi connectivity index (χ4v) is 1.75. The normalized spacial score (nSPS) is 9.92. The molecule has 0 heterocycles. The van der Waals surface area contributed by atoms with Gasteiger partial charge in [-0.1, -0.05) is 11.6 Å². The van der Waals surface area contributed by atoms with Crippen LogP contribution < -0.4 is 0 Å². The zero-order valence-electron chi connectivity index (χ0n) is 6.93. The van der Waals surface area contributed by atoms with Gasteiger partial charge in [-0.2, -0.15) is 0 Å². The molecule has 1 nitrogen and oxygen atoms in total. The molecule has 1 aromatic rings. The Bertz CT molecular complexity index is 309. The quantitative estimate of drug-likeness (QED) is 0.539. The summed E-state index contributed by atoms with van der Waals surface area (Å²) >= 11 is 7.31. The van der Waals surface area contributed by atoms with E-state index in [1.807, 2.05) is 12.3 Å². The van der Waals surface area contributed by atoms with Gasteiger partial charge in [0.05, 0.1) is 0 Å². The first-order valence-corrected chi connectivity index (χ1v) is 5.10. The van der Waals surface area contributed by atoms with Crippen molar-refractivity contribution in [1.29, 1.82) is 0 Å². The first-order chi connectivity index (χ1) is 5.65. The van der Waals surface area contributed by atoms with Gasteiger partial charge < -0.3 is 0 Å². The molecule has 1 rings (SSSR count). The zero-order valence-corrected chi connectivity index (χ0v) is 8.50. The van der Waals surface area contributed by atoms with E-state index in [0.29, 0.717) is 10.6 Å². The van der Waals surface area contributed by atoms with E-state index in [0.717, 1.165) is 4.90 Å². The van der Waals surface area contributed by atoms with Gasteiger partial charge in [-0.15, -0.1) is 11.8 Å². The van der Waals surface area contributed by atoms with Crippen molar-refractivity contribution in [3.05, 3.63) is 28.8 Å². The van der Waals surface area contributed by atoms with Crippen molar-refractivity contribution in [3.8, 4) is 0 Å². The van der Waals surface area contributed by atoms with E-state index in [1.54, 1.807) is 30.8 Å². The summed E-state index contributed by atoms with van der Waals surface area (Å²) in [5.74, 6) is 0.0573. The Morgan fingerprint density at radius 3 is 2.67 bits per heavy atom. The van der Waals surface area contributed by atoms with E-state index in [1.165, 1.54) is 0 Å². The maximum Gasteiger partial charge on any atom is 0.160 e. The van der Waals surface area contributed by atoms with Crippen LogP contribution in [0.5, 0.6) is 0 Å². The smallest absolute Gasteiger partial charge is 0.160 e. The molecule has 3 heteroatoms. The van der Waals surface area contributed by atoms with Crippen molar-refractivity contribution in [1.82, 2.24) is 0 Å². The second kappa shape index (κ2) is 3.97. The van der Waals surface area contributed by atoms with Crippen LogP contribution in [0, 0.1) is 0 Å². The number of rotatable bonds is 2. The predicted molar refractivity (Wildman–Crippen MR) is 53.2 cm³/mol. The lowest BCUT2D eigenvalue weighted by molar-refractivity contribution is 0.101. The fourth-order valence-electron chi connectivity index (χ4n) is 0.955. The molecule has 0 atom stereocenters. The molecule has 64 valence electrons. The Morgan fingerprint density at radius 1 is 1.50 bits per heavy atom. The summed E-state index contributed by atoms with van der Waals surface area (Å²) in [4.78, 5) is 12.1. The standard InChI is InChI=1S/C9H9ClOS/c1-6(11)8-5-7(10)3-4-9(8)12-2/h3-5H,1-2H3. The molecule has 0 aliphatic rings. The highest BCUT2D eigenvalue weighted by atomic mass is 35.5. The van der Waals surface area contributed by atoms with Crippen LogP contribution in [-0.4, -0.2) is 12.0 Å². The first kappa shape index (κ1) is 9.62. The van der Waals surface area contributed by atoms with E-state index in [4.69, 9.17) is 11.6 Å². The molecule has 0 aliphatic carbocycles. The summed E-state index contributed by atoms with van der Waals surface area (Å²) in [5.41, 5.74) is 0.704. The van der Waals surface area contributed by atoms with Gasteiger partial charge >= 0.3 is 0 Å². The highest BCUT2D eigenvalue weighted by molar-refractivity contribution is 7.98. The summed E-state index contributed by atoms with van der Waals surface area (Å²) in [5, 5.41) is 0.609. The Hall–Kier alpha value is -0.470. The number of carbonyl (C=O) groups is 1. The number of thioether (sulfide) groups is 1. The van der Waals surface area contributed by atoms with Crippen molar-refractivity contribution < 1.29 is 4.79 Å². The number of ketones is 1. The van der Waals surface area contributed by atoms with E-state index in [-0.39, 0.29) is 5.78 Å². The number of hydrogen-bond acceptors (Lipinski definition) is 2. The fraction of sp³-hybridized carbons (Fsp3) is 0.222. The Kier molecular flexibility index (Phi) is 3.18. The summed E-state index contributed by atoms with van der Waals surface area (Å²) in [6.45, 7) is 1.55. The minimum Gasteiger partial charge on any atom is -0.294 e. The molecule has 12 heavy (non-hydrogen) atoms. The molecule has 0 amide bonds. The maximum absolute atomic E-state index is 11.1. The molecule has 1 aromatic carbocycles. The van der Waals surface area contributed by atoms with Crippen LogP contribution in [0.4, 0.5) is 0 Å². The molecule has 0 fully saturated rings. The van der Waals surface area contributed by atoms with E-state index in [9.17, 15) is 4.79 Å². The van der Waals surface area contributed by atoms with Crippen LogP contribution >= 0.6 is 23.4 Å². The molecule has 0 saturated carbocycles. The highest BCUT2D eigenvalue weighted by Crippen LogP contribution is 2.23. The number of halogens is 1. The Labute approximate surface area is 81.1 Å². The molecule has 0 bridgehead atoms. The van der Waals surface area contributed by atoms with Gasteiger partial charge in [0.1, 0.15) is 0 Å². The van der Waals surface area contributed by atoms with Gasteiger partial charge in [-0.05, 0) is 31.4 Å². The molecule has 0 radical (unpaired) electrons. The van der Waals surface area contributed by atoms with Crippen molar-refractivity contribution >= 4 is 29.1 Å². The van der Waals surface area contributed by atoms with Gasteiger partial charge in [0.15, 0.2) is 5.78 Å². The largest absolute Gasteiger partial charge is 0.294 e.